The maximum atomic E-state index is 13.1. The molecule has 0 saturated heterocycles. The minimum Gasteiger partial charge on any atom is -0.465 e. The number of ether oxygens (including phenoxy) is 1. The predicted molar refractivity (Wildman–Crippen MR) is 123 cm³/mol. The SMILES string of the molecule is COC(=O)c1ccc(C)cc1NC(=O)N1CCc2c(c(C(=O)Nc3ccccc3)nn2C)C1. The summed E-state index contributed by atoms with van der Waals surface area (Å²) in [6.07, 6.45) is 0.558. The molecular weight excluding hydrogens is 422 g/mol. The second kappa shape index (κ2) is 9.15. The molecule has 2 aromatic carbocycles. The molecule has 0 fully saturated rings. The van der Waals surface area contributed by atoms with Crippen LogP contribution >= 0.6 is 0 Å². The van der Waals surface area contributed by atoms with Crippen LogP contribution in [-0.2, 0) is 24.8 Å². The number of hydrogen-bond donors (Lipinski definition) is 2. The summed E-state index contributed by atoms with van der Waals surface area (Å²) in [6, 6.07) is 13.9. The van der Waals surface area contributed by atoms with Gasteiger partial charge in [-0.15, -0.1) is 0 Å². The zero-order valence-electron chi connectivity index (χ0n) is 18.7. The first-order valence-corrected chi connectivity index (χ1v) is 10.5. The number of aromatic nitrogens is 2. The van der Waals surface area contributed by atoms with Gasteiger partial charge in [-0.3, -0.25) is 9.48 Å². The number of fused-ring (bicyclic) bond motifs is 1. The summed E-state index contributed by atoms with van der Waals surface area (Å²) in [5, 5.41) is 10.1. The van der Waals surface area contributed by atoms with Gasteiger partial charge in [-0.05, 0) is 36.8 Å². The molecule has 0 saturated carbocycles. The molecule has 1 aliphatic heterocycles. The lowest BCUT2D eigenvalue weighted by molar-refractivity contribution is 0.0601. The molecule has 0 radical (unpaired) electrons. The largest absolute Gasteiger partial charge is 0.465 e. The lowest BCUT2D eigenvalue weighted by atomic mass is 10.0. The third-order valence-electron chi connectivity index (χ3n) is 5.60. The fraction of sp³-hybridized carbons (Fsp3) is 0.250. The number of rotatable bonds is 4. The Labute approximate surface area is 191 Å². The average Bonchev–Trinajstić information content (AvgIpc) is 3.15. The van der Waals surface area contributed by atoms with E-state index in [9.17, 15) is 14.4 Å². The number of nitrogens with one attached hydrogen (secondary N) is 2. The van der Waals surface area contributed by atoms with E-state index in [1.165, 1.54) is 7.11 Å². The van der Waals surface area contributed by atoms with Crippen molar-refractivity contribution in [1.29, 1.82) is 0 Å². The number of esters is 1. The van der Waals surface area contributed by atoms with Gasteiger partial charge in [0.2, 0.25) is 0 Å². The van der Waals surface area contributed by atoms with Crippen LogP contribution in [0.4, 0.5) is 16.2 Å². The van der Waals surface area contributed by atoms with E-state index in [-0.39, 0.29) is 24.0 Å². The smallest absolute Gasteiger partial charge is 0.339 e. The maximum absolute atomic E-state index is 13.1. The Morgan fingerprint density at radius 2 is 1.82 bits per heavy atom. The Morgan fingerprint density at radius 3 is 2.55 bits per heavy atom. The Hall–Kier alpha value is -4.14. The second-order valence-corrected chi connectivity index (χ2v) is 7.86. The molecule has 2 heterocycles. The molecule has 4 rings (SSSR count). The number of hydrogen-bond acceptors (Lipinski definition) is 5. The fourth-order valence-corrected chi connectivity index (χ4v) is 3.90. The van der Waals surface area contributed by atoms with Gasteiger partial charge >= 0.3 is 12.0 Å². The summed E-state index contributed by atoms with van der Waals surface area (Å²) in [6.45, 7) is 2.56. The van der Waals surface area contributed by atoms with E-state index in [0.717, 1.165) is 11.3 Å². The molecule has 0 unspecified atom stereocenters. The van der Waals surface area contributed by atoms with Crippen molar-refractivity contribution >= 4 is 29.3 Å². The van der Waals surface area contributed by atoms with E-state index in [1.807, 2.05) is 25.1 Å². The summed E-state index contributed by atoms with van der Waals surface area (Å²) in [7, 11) is 3.09. The standard InChI is InChI=1S/C24H25N5O4/c1-15-9-10-17(23(31)33-3)19(13-15)26-24(32)29-12-11-20-18(14-29)21(27-28(20)2)22(30)25-16-7-5-4-6-8-16/h4-10,13H,11-12,14H2,1-3H3,(H,25,30)(H,26,32). The van der Waals surface area contributed by atoms with Crippen LogP contribution in [0.15, 0.2) is 48.5 Å². The minimum absolute atomic E-state index is 0.228. The Kier molecular flexibility index (Phi) is 6.12. The highest BCUT2D eigenvalue weighted by molar-refractivity contribution is 6.04. The van der Waals surface area contributed by atoms with Crippen molar-refractivity contribution in [2.45, 2.75) is 19.9 Å². The van der Waals surface area contributed by atoms with Gasteiger partial charge in [-0.2, -0.15) is 5.10 Å². The summed E-state index contributed by atoms with van der Waals surface area (Å²) < 4.78 is 6.52. The number of anilines is 2. The molecule has 0 spiro atoms. The van der Waals surface area contributed by atoms with Crippen LogP contribution in [0.3, 0.4) is 0 Å². The van der Waals surface area contributed by atoms with Crippen molar-refractivity contribution in [3.63, 3.8) is 0 Å². The van der Waals surface area contributed by atoms with Gasteiger partial charge in [0.05, 0.1) is 24.9 Å². The Balaban J connectivity index is 1.54. The first-order chi connectivity index (χ1) is 15.9. The van der Waals surface area contributed by atoms with Crippen LogP contribution in [0, 0.1) is 6.92 Å². The summed E-state index contributed by atoms with van der Waals surface area (Å²) in [5.41, 5.74) is 4.14. The average molecular weight is 447 g/mol. The molecule has 1 aromatic heterocycles. The number of benzene rings is 2. The number of urea groups is 1. The third-order valence-corrected chi connectivity index (χ3v) is 5.60. The number of methoxy groups -OCH3 is 1. The molecule has 0 bridgehead atoms. The zero-order chi connectivity index (χ0) is 23.5. The van der Waals surface area contributed by atoms with Gasteiger partial charge in [-0.1, -0.05) is 24.3 Å². The quantitative estimate of drug-likeness (QED) is 0.597. The molecule has 1 aliphatic rings. The lowest BCUT2D eigenvalue weighted by Crippen LogP contribution is -2.39. The van der Waals surface area contributed by atoms with Crippen molar-refractivity contribution < 1.29 is 19.1 Å². The molecule has 33 heavy (non-hydrogen) atoms. The minimum atomic E-state index is -0.529. The van der Waals surface area contributed by atoms with Crippen molar-refractivity contribution in [3.05, 3.63) is 76.6 Å². The van der Waals surface area contributed by atoms with Crippen LogP contribution in [0.1, 0.15) is 37.7 Å². The van der Waals surface area contributed by atoms with Crippen molar-refractivity contribution in [1.82, 2.24) is 14.7 Å². The van der Waals surface area contributed by atoms with Gasteiger partial charge in [-0.25, -0.2) is 9.59 Å². The Bertz CT molecular complexity index is 1220. The van der Waals surface area contributed by atoms with Crippen LogP contribution in [0.25, 0.3) is 0 Å². The van der Waals surface area contributed by atoms with E-state index in [0.29, 0.717) is 35.6 Å². The van der Waals surface area contributed by atoms with Gasteiger partial charge in [0.25, 0.3) is 5.91 Å². The third kappa shape index (κ3) is 4.57. The van der Waals surface area contributed by atoms with Crippen molar-refractivity contribution in [3.8, 4) is 0 Å². The van der Waals surface area contributed by atoms with Crippen LogP contribution < -0.4 is 10.6 Å². The molecular formula is C24H25N5O4. The fourth-order valence-electron chi connectivity index (χ4n) is 3.90. The van der Waals surface area contributed by atoms with E-state index in [2.05, 4.69) is 15.7 Å². The highest BCUT2D eigenvalue weighted by atomic mass is 16.5. The van der Waals surface area contributed by atoms with E-state index >= 15 is 0 Å². The molecule has 3 amide bonds. The monoisotopic (exact) mass is 447 g/mol. The summed E-state index contributed by atoms with van der Waals surface area (Å²) in [5.74, 6) is -0.856. The maximum Gasteiger partial charge on any atom is 0.339 e. The van der Waals surface area contributed by atoms with Crippen LogP contribution in [0.5, 0.6) is 0 Å². The second-order valence-electron chi connectivity index (χ2n) is 7.86. The predicted octanol–water partition coefficient (Wildman–Crippen LogP) is 3.36. The van der Waals surface area contributed by atoms with Crippen molar-refractivity contribution in [2.75, 3.05) is 24.3 Å². The van der Waals surface area contributed by atoms with Gasteiger partial charge in [0, 0.05) is 37.0 Å². The van der Waals surface area contributed by atoms with Crippen LogP contribution in [-0.4, -0.2) is 46.2 Å². The molecule has 9 heteroatoms. The summed E-state index contributed by atoms with van der Waals surface area (Å²) >= 11 is 0. The molecule has 0 atom stereocenters. The molecule has 3 aromatic rings. The topological polar surface area (TPSA) is 106 Å². The molecule has 170 valence electrons. The first kappa shape index (κ1) is 22.1. The highest BCUT2D eigenvalue weighted by Gasteiger charge is 2.30. The Morgan fingerprint density at radius 1 is 1.06 bits per heavy atom. The van der Waals surface area contributed by atoms with E-state index in [4.69, 9.17) is 4.74 Å². The number of nitrogens with zero attached hydrogens (tertiary/aromatic N) is 3. The van der Waals surface area contributed by atoms with Gasteiger partial charge in [0.15, 0.2) is 5.69 Å². The van der Waals surface area contributed by atoms with Gasteiger partial charge < -0.3 is 20.3 Å². The number of carbonyl (C=O) groups is 3. The van der Waals surface area contributed by atoms with E-state index in [1.54, 1.807) is 47.0 Å². The molecule has 2 N–H and O–H groups in total. The summed E-state index contributed by atoms with van der Waals surface area (Å²) in [4.78, 5) is 39.7. The van der Waals surface area contributed by atoms with Gasteiger partial charge in [0.1, 0.15) is 0 Å². The number of para-hydroxylation sites is 1. The normalized spacial score (nSPS) is 12.6. The van der Waals surface area contributed by atoms with E-state index < -0.39 is 5.97 Å². The van der Waals surface area contributed by atoms with Crippen LogP contribution in [0.2, 0.25) is 0 Å². The zero-order valence-corrected chi connectivity index (χ0v) is 18.7. The number of carbonyl (C=O) groups excluding carboxylic acids is 3. The highest BCUT2D eigenvalue weighted by Crippen LogP contribution is 2.25. The van der Waals surface area contributed by atoms with Crippen molar-refractivity contribution in [2.24, 2.45) is 7.05 Å². The number of amides is 3. The molecule has 0 aliphatic carbocycles. The number of aryl methyl sites for hydroxylation is 2. The molecule has 9 nitrogen and oxygen atoms in total. The lowest BCUT2D eigenvalue weighted by Gasteiger charge is -2.28. The first-order valence-electron chi connectivity index (χ1n) is 10.5.